The molecule has 0 aromatic carbocycles. The van der Waals surface area contributed by atoms with Crippen molar-refractivity contribution in [3.05, 3.63) is 0 Å². The molecule has 1 aliphatic heterocycles. The summed E-state index contributed by atoms with van der Waals surface area (Å²) in [4.78, 5) is 15.9. The third kappa shape index (κ3) is 7.25. The summed E-state index contributed by atoms with van der Waals surface area (Å²) in [7, 11) is 0. The van der Waals surface area contributed by atoms with Crippen molar-refractivity contribution >= 4 is 5.97 Å². The summed E-state index contributed by atoms with van der Waals surface area (Å²) in [5.41, 5.74) is 0. The largest absolute Gasteiger partial charge is 0.481 e. The van der Waals surface area contributed by atoms with E-state index in [1.54, 1.807) is 0 Å². The molecule has 0 aromatic heterocycles. The molecule has 0 aliphatic carbocycles. The zero-order chi connectivity index (χ0) is 14.8. The van der Waals surface area contributed by atoms with Gasteiger partial charge in [-0.1, -0.05) is 33.1 Å². The topological polar surface area (TPSA) is 43.8 Å². The molecule has 1 atom stereocenters. The van der Waals surface area contributed by atoms with Gasteiger partial charge in [0.2, 0.25) is 0 Å². The van der Waals surface area contributed by atoms with Crippen molar-refractivity contribution in [3.8, 4) is 0 Å². The zero-order valence-electron chi connectivity index (χ0n) is 13.3. The van der Waals surface area contributed by atoms with Crippen molar-refractivity contribution < 1.29 is 9.90 Å². The lowest BCUT2D eigenvalue weighted by molar-refractivity contribution is -0.141. The molecule has 0 bridgehead atoms. The van der Waals surface area contributed by atoms with Crippen LogP contribution < -0.4 is 0 Å². The molecule has 1 fully saturated rings. The van der Waals surface area contributed by atoms with Crippen LogP contribution in [0.5, 0.6) is 0 Å². The monoisotopic (exact) mass is 284 g/mol. The molecule has 0 radical (unpaired) electrons. The van der Waals surface area contributed by atoms with E-state index in [1.165, 1.54) is 51.6 Å². The van der Waals surface area contributed by atoms with Crippen LogP contribution in [0, 0.1) is 5.92 Å². The van der Waals surface area contributed by atoms with E-state index in [4.69, 9.17) is 5.11 Å². The van der Waals surface area contributed by atoms with Gasteiger partial charge in [-0.2, -0.15) is 0 Å². The molecule has 20 heavy (non-hydrogen) atoms. The third-order valence-electron chi connectivity index (χ3n) is 4.21. The van der Waals surface area contributed by atoms with Crippen molar-refractivity contribution in [2.24, 2.45) is 5.92 Å². The molecular formula is C16H32N2O2. The first-order valence-electron chi connectivity index (χ1n) is 8.31. The molecule has 4 heteroatoms. The van der Waals surface area contributed by atoms with Gasteiger partial charge in [0.15, 0.2) is 0 Å². The van der Waals surface area contributed by atoms with E-state index >= 15 is 0 Å². The number of likely N-dealkylation sites (tertiary alicyclic amines) is 1. The van der Waals surface area contributed by atoms with Gasteiger partial charge in [0, 0.05) is 19.6 Å². The van der Waals surface area contributed by atoms with Crippen molar-refractivity contribution in [2.75, 3.05) is 39.3 Å². The summed E-state index contributed by atoms with van der Waals surface area (Å²) < 4.78 is 0. The molecule has 1 saturated heterocycles. The number of aliphatic carboxylic acids is 1. The molecule has 0 amide bonds. The Labute approximate surface area is 124 Å². The lowest BCUT2D eigenvalue weighted by atomic mass is 10.1. The lowest BCUT2D eigenvalue weighted by Crippen LogP contribution is -2.40. The van der Waals surface area contributed by atoms with E-state index in [9.17, 15) is 4.79 Å². The molecule has 0 saturated carbocycles. The normalized spacial score (nSPS) is 18.4. The summed E-state index contributed by atoms with van der Waals surface area (Å²) in [6, 6.07) is 0. The predicted octanol–water partition coefficient (Wildman–Crippen LogP) is 2.69. The molecule has 118 valence electrons. The van der Waals surface area contributed by atoms with Crippen molar-refractivity contribution in [3.63, 3.8) is 0 Å². The number of carbonyl (C=O) groups is 1. The fraction of sp³-hybridized carbons (Fsp3) is 0.938. The predicted molar refractivity (Wildman–Crippen MR) is 83.1 cm³/mol. The maximum Gasteiger partial charge on any atom is 0.307 e. The van der Waals surface area contributed by atoms with Crippen LogP contribution in [0.3, 0.4) is 0 Å². The van der Waals surface area contributed by atoms with Gasteiger partial charge in [-0.05, 0) is 38.9 Å². The molecule has 0 spiro atoms. The first-order chi connectivity index (χ1) is 9.63. The third-order valence-corrected chi connectivity index (χ3v) is 4.21. The number of carboxylic acids is 1. The van der Waals surface area contributed by atoms with E-state index < -0.39 is 5.97 Å². The van der Waals surface area contributed by atoms with Crippen molar-refractivity contribution in [2.45, 2.75) is 52.4 Å². The average molecular weight is 284 g/mol. The van der Waals surface area contributed by atoms with E-state index in [0.717, 1.165) is 19.6 Å². The number of hydrogen-bond acceptors (Lipinski definition) is 3. The SMILES string of the molecule is CCCCCN(CCN1CCCCC1)CC(C)C(=O)O. The van der Waals surface area contributed by atoms with Crippen LogP contribution in [0.25, 0.3) is 0 Å². The Morgan fingerprint density at radius 1 is 1.20 bits per heavy atom. The van der Waals surface area contributed by atoms with E-state index in [-0.39, 0.29) is 5.92 Å². The highest BCUT2D eigenvalue weighted by Gasteiger charge is 2.17. The quantitative estimate of drug-likeness (QED) is 0.626. The van der Waals surface area contributed by atoms with Gasteiger partial charge >= 0.3 is 5.97 Å². The molecular weight excluding hydrogens is 252 g/mol. The molecule has 0 aromatic rings. The fourth-order valence-electron chi connectivity index (χ4n) is 2.81. The van der Waals surface area contributed by atoms with Crippen LogP contribution in [0.15, 0.2) is 0 Å². The number of nitrogens with zero attached hydrogens (tertiary/aromatic N) is 2. The minimum atomic E-state index is -0.677. The van der Waals surface area contributed by atoms with Crippen molar-refractivity contribution in [1.82, 2.24) is 9.80 Å². The smallest absolute Gasteiger partial charge is 0.307 e. The summed E-state index contributed by atoms with van der Waals surface area (Å²) in [6.45, 7) is 10.3. The summed E-state index contributed by atoms with van der Waals surface area (Å²) >= 11 is 0. The van der Waals surface area contributed by atoms with Crippen LogP contribution in [0.2, 0.25) is 0 Å². The fourth-order valence-corrected chi connectivity index (χ4v) is 2.81. The van der Waals surface area contributed by atoms with E-state index in [1.807, 2.05) is 6.92 Å². The van der Waals surface area contributed by atoms with E-state index in [2.05, 4.69) is 16.7 Å². The number of rotatable bonds is 10. The van der Waals surface area contributed by atoms with Crippen LogP contribution in [0.4, 0.5) is 0 Å². The van der Waals surface area contributed by atoms with Crippen LogP contribution in [0.1, 0.15) is 52.4 Å². The Bertz CT molecular complexity index is 265. The van der Waals surface area contributed by atoms with Gasteiger partial charge in [-0.25, -0.2) is 0 Å². The molecule has 1 aliphatic rings. The van der Waals surface area contributed by atoms with Gasteiger partial charge < -0.3 is 14.9 Å². The van der Waals surface area contributed by atoms with Gasteiger partial charge in [0.1, 0.15) is 0 Å². The lowest BCUT2D eigenvalue weighted by Gasteiger charge is -2.30. The zero-order valence-corrected chi connectivity index (χ0v) is 13.3. The van der Waals surface area contributed by atoms with Gasteiger partial charge in [-0.3, -0.25) is 4.79 Å². The van der Waals surface area contributed by atoms with Gasteiger partial charge in [-0.15, -0.1) is 0 Å². The average Bonchev–Trinajstić information content (AvgIpc) is 2.45. The Balaban J connectivity index is 2.33. The highest BCUT2D eigenvalue weighted by molar-refractivity contribution is 5.69. The minimum Gasteiger partial charge on any atom is -0.481 e. The summed E-state index contributed by atoms with van der Waals surface area (Å²) in [5.74, 6) is -0.943. The summed E-state index contributed by atoms with van der Waals surface area (Å²) in [6.07, 6.45) is 7.65. The highest BCUT2D eigenvalue weighted by Crippen LogP contribution is 2.09. The molecule has 1 heterocycles. The second-order valence-electron chi connectivity index (χ2n) is 6.15. The number of carboxylic acid groups (broad SMARTS) is 1. The Kier molecular flexibility index (Phi) is 8.86. The molecule has 1 rings (SSSR count). The maximum atomic E-state index is 11.0. The first-order valence-corrected chi connectivity index (χ1v) is 8.31. The Morgan fingerprint density at radius 3 is 2.50 bits per heavy atom. The van der Waals surface area contributed by atoms with E-state index in [0.29, 0.717) is 6.54 Å². The molecule has 1 unspecified atom stereocenters. The van der Waals surface area contributed by atoms with Crippen LogP contribution in [-0.2, 0) is 4.79 Å². The number of unbranched alkanes of at least 4 members (excludes halogenated alkanes) is 2. The molecule has 4 nitrogen and oxygen atoms in total. The first kappa shape index (κ1) is 17.4. The number of hydrogen-bond donors (Lipinski definition) is 1. The van der Waals surface area contributed by atoms with Gasteiger partial charge in [0.25, 0.3) is 0 Å². The van der Waals surface area contributed by atoms with Gasteiger partial charge in [0.05, 0.1) is 5.92 Å². The highest BCUT2D eigenvalue weighted by atomic mass is 16.4. The minimum absolute atomic E-state index is 0.266. The van der Waals surface area contributed by atoms with Crippen LogP contribution in [-0.4, -0.2) is 60.1 Å². The standard InChI is InChI=1S/C16H32N2O2/c1-3-4-6-11-18(14-15(2)16(19)20)13-12-17-9-7-5-8-10-17/h15H,3-14H2,1-2H3,(H,19,20). The van der Waals surface area contributed by atoms with Crippen LogP contribution >= 0.6 is 0 Å². The second-order valence-corrected chi connectivity index (χ2v) is 6.15. The summed E-state index contributed by atoms with van der Waals surface area (Å²) in [5, 5.41) is 9.08. The second kappa shape index (κ2) is 10.2. The maximum absolute atomic E-state index is 11.0. The Hall–Kier alpha value is -0.610. The Morgan fingerprint density at radius 2 is 1.90 bits per heavy atom. The molecule has 1 N–H and O–H groups in total. The van der Waals surface area contributed by atoms with Crippen molar-refractivity contribution in [1.29, 1.82) is 0 Å². The number of piperidine rings is 1.